The molecule has 10 rings (SSSR count). The molecule has 0 unspecified atom stereocenters. The minimum atomic E-state index is -0.476. The smallest absolute Gasteiger partial charge is 0.237 e. The Morgan fingerprint density at radius 3 is 1.71 bits per heavy atom. The molecular weight excluding hydrogens is 653 g/mol. The molecule has 0 spiro atoms. The second-order valence-corrected chi connectivity index (χ2v) is 16.4. The summed E-state index contributed by atoms with van der Waals surface area (Å²) in [5, 5.41) is 18.0. The van der Waals surface area contributed by atoms with E-state index in [4.69, 9.17) is 12.2 Å². The molecular formula is C41H46N8OS. The van der Waals surface area contributed by atoms with Crippen LogP contribution in [-0.2, 0) is 41.3 Å². The fourth-order valence-electron chi connectivity index (χ4n) is 9.33. The van der Waals surface area contributed by atoms with Gasteiger partial charge in [0.25, 0.3) is 0 Å². The predicted octanol–water partition coefficient (Wildman–Crippen LogP) is 8.41. The fourth-order valence-corrected chi connectivity index (χ4v) is 9.54. The van der Waals surface area contributed by atoms with Crippen LogP contribution in [0.1, 0.15) is 92.2 Å². The van der Waals surface area contributed by atoms with Gasteiger partial charge in [-0.05, 0) is 134 Å². The van der Waals surface area contributed by atoms with Crippen LogP contribution in [0.5, 0.6) is 0 Å². The zero-order valence-electron chi connectivity index (χ0n) is 30.9. The number of hydrogen-bond acceptors (Lipinski definition) is 4. The summed E-state index contributed by atoms with van der Waals surface area (Å²) in [7, 11) is 2.09. The highest BCUT2D eigenvalue weighted by Crippen LogP contribution is 2.47. The molecule has 4 aliphatic rings. The molecule has 0 saturated carbocycles. The standard InChI is InChI=1S/C21H24N4O.C20H22N4S/c1-5-25-17-9-14-13-8-6-7-12-11(2)23-24-19(12)18(13)22-16(14)10-15(17)21(3,4)20(25)26;1-10-11-6-5-7-12-13-8-16-14(20(2,3)19(25)24(16)4)9-15(13)21-17(12)18(11)23-22-10/h9-10,22H,5-8H2,1-4H3,(H,23,24);8-9,21H,5-7H2,1-4H3,(H,22,23). The van der Waals surface area contributed by atoms with Crippen molar-refractivity contribution in [3.05, 3.63) is 69.0 Å². The molecule has 2 aliphatic carbocycles. The van der Waals surface area contributed by atoms with E-state index in [1.165, 1.54) is 61.2 Å². The van der Waals surface area contributed by atoms with Gasteiger partial charge in [0.05, 0.1) is 21.8 Å². The van der Waals surface area contributed by atoms with E-state index in [2.05, 4.69) is 94.3 Å². The minimum Gasteiger partial charge on any atom is -0.353 e. The zero-order valence-corrected chi connectivity index (χ0v) is 31.7. The molecule has 6 aromatic rings. The summed E-state index contributed by atoms with van der Waals surface area (Å²) in [5.74, 6) is 0.193. The lowest BCUT2D eigenvalue weighted by Crippen LogP contribution is -2.35. The molecule has 4 aromatic heterocycles. The Hall–Kier alpha value is -4.70. The van der Waals surface area contributed by atoms with Gasteiger partial charge in [0.15, 0.2) is 0 Å². The SMILES string of the molecule is CCN1C(=O)C(C)(C)c2cc3[nH]c4c(c3cc21)CCCc1c-4n[nH]c1C.Cc1[nH]nc2c1CCCc1c-2[nH]c2cc3c(cc12)N(C)C(=S)C3(C)C. The summed E-state index contributed by atoms with van der Waals surface area (Å²) in [4.78, 5) is 25.2. The minimum absolute atomic E-state index is 0.107. The van der Waals surface area contributed by atoms with Crippen LogP contribution in [0.2, 0.25) is 0 Å². The largest absolute Gasteiger partial charge is 0.353 e. The van der Waals surface area contributed by atoms with E-state index < -0.39 is 5.41 Å². The number of aromatic nitrogens is 6. The molecule has 6 heterocycles. The molecule has 0 saturated heterocycles. The van der Waals surface area contributed by atoms with Crippen molar-refractivity contribution in [2.75, 3.05) is 23.4 Å². The number of anilines is 2. The number of hydrogen-bond donors (Lipinski definition) is 4. The molecule has 4 N–H and O–H groups in total. The Balaban J connectivity index is 0.000000137. The second-order valence-electron chi connectivity index (χ2n) is 16.0. The second kappa shape index (κ2) is 10.9. The highest BCUT2D eigenvalue weighted by molar-refractivity contribution is 7.80. The molecule has 0 atom stereocenters. The summed E-state index contributed by atoms with van der Waals surface area (Å²) < 4.78 is 0. The Morgan fingerprint density at radius 1 is 0.725 bits per heavy atom. The molecule has 2 aliphatic heterocycles. The third kappa shape index (κ3) is 4.38. The maximum absolute atomic E-state index is 12.8. The zero-order chi connectivity index (χ0) is 35.7. The number of H-pyrrole nitrogens is 4. The Labute approximate surface area is 303 Å². The van der Waals surface area contributed by atoms with Crippen LogP contribution >= 0.6 is 12.2 Å². The first-order valence-corrected chi connectivity index (χ1v) is 18.8. The van der Waals surface area contributed by atoms with Crippen molar-refractivity contribution in [2.24, 2.45) is 0 Å². The van der Waals surface area contributed by atoms with E-state index in [0.29, 0.717) is 6.54 Å². The highest BCUT2D eigenvalue weighted by Gasteiger charge is 2.44. The predicted molar refractivity (Wildman–Crippen MR) is 210 cm³/mol. The number of aryl methyl sites for hydroxylation is 4. The van der Waals surface area contributed by atoms with Gasteiger partial charge in [-0.1, -0.05) is 12.2 Å². The average Bonchev–Trinajstić information content (AvgIpc) is 3.86. The molecule has 0 radical (unpaired) electrons. The van der Waals surface area contributed by atoms with E-state index in [1.54, 1.807) is 0 Å². The van der Waals surface area contributed by atoms with Gasteiger partial charge in [-0.25, -0.2) is 0 Å². The molecule has 1 amide bonds. The molecule has 0 fully saturated rings. The number of aromatic amines is 4. The van der Waals surface area contributed by atoms with Crippen LogP contribution in [-0.4, -0.2) is 54.9 Å². The van der Waals surface area contributed by atoms with Gasteiger partial charge in [-0.3, -0.25) is 15.0 Å². The normalized spacial score (nSPS) is 18.1. The number of fused-ring (bicyclic) bond motifs is 12. The van der Waals surface area contributed by atoms with E-state index in [1.807, 2.05) is 25.7 Å². The summed E-state index contributed by atoms with van der Waals surface area (Å²) >= 11 is 5.69. The van der Waals surface area contributed by atoms with Gasteiger partial charge in [0.1, 0.15) is 11.4 Å². The van der Waals surface area contributed by atoms with Crippen molar-refractivity contribution < 1.29 is 4.79 Å². The number of amides is 1. The van der Waals surface area contributed by atoms with E-state index in [9.17, 15) is 4.79 Å². The number of benzene rings is 2. The maximum atomic E-state index is 12.8. The van der Waals surface area contributed by atoms with Crippen molar-refractivity contribution in [1.29, 1.82) is 0 Å². The molecule has 262 valence electrons. The molecule has 51 heavy (non-hydrogen) atoms. The Morgan fingerprint density at radius 2 is 1.20 bits per heavy atom. The third-order valence-corrected chi connectivity index (χ3v) is 13.1. The highest BCUT2D eigenvalue weighted by atomic mass is 32.1. The van der Waals surface area contributed by atoms with Gasteiger partial charge in [-0.2, -0.15) is 10.2 Å². The monoisotopic (exact) mass is 698 g/mol. The first-order valence-electron chi connectivity index (χ1n) is 18.4. The van der Waals surface area contributed by atoms with Crippen LogP contribution in [0.3, 0.4) is 0 Å². The lowest BCUT2D eigenvalue weighted by Gasteiger charge is -2.20. The Kier molecular flexibility index (Phi) is 6.89. The van der Waals surface area contributed by atoms with Gasteiger partial charge in [0.2, 0.25) is 5.91 Å². The summed E-state index contributed by atoms with van der Waals surface area (Å²) in [5.41, 5.74) is 18.7. The lowest BCUT2D eigenvalue weighted by molar-refractivity contribution is -0.122. The first-order chi connectivity index (χ1) is 24.3. The van der Waals surface area contributed by atoms with Gasteiger partial charge < -0.3 is 19.8 Å². The molecule has 10 heteroatoms. The van der Waals surface area contributed by atoms with Crippen molar-refractivity contribution in [3.63, 3.8) is 0 Å². The number of thiocarbonyl (C=S) groups is 1. The third-order valence-electron chi connectivity index (χ3n) is 12.3. The van der Waals surface area contributed by atoms with E-state index in [0.717, 1.165) is 83.1 Å². The quantitative estimate of drug-likeness (QED) is 0.129. The van der Waals surface area contributed by atoms with Crippen LogP contribution in [0.15, 0.2) is 24.3 Å². The average molecular weight is 699 g/mol. The Bertz CT molecular complexity index is 2470. The van der Waals surface area contributed by atoms with Crippen LogP contribution in [0.25, 0.3) is 44.6 Å². The molecule has 9 nitrogen and oxygen atoms in total. The summed E-state index contributed by atoms with van der Waals surface area (Å²) in [6.07, 6.45) is 6.54. The number of carbonyl (C=O) groups is 1. The van der Waals surface area contributed by atoms with Gasteiger partial charge in [0, 0.05) is 74.7 Å². The van der Waals surface area contributed by atoms with Crippen molar-refractivity contribution in [1.82, 2.24) is 30.4 Å². The van der Waals surface area contributed by atoms with Gasteiger partial charge >= 0.3 is 0 Å². The van der Waals surface area contributed by atoms with Crippen LogP contribution < -0.4 is 9.80 Å². The summed E-state index contributed by atoms with van der Waals surface area (Å²) in [6.45, 7) is 15.4. The molecule has 2 aromatic carbocycles. The number of likely N-dealkylation sites (N-methyl/N-ethyl adjacent to an activating group) is 2. The number of nitrogens with one attached hydrogen (secondary N) is 4. The molecule has 0 bridgehead atoms. The van der Waals surface area contributed by atoms with Crippen molar-refractivity contribution in [2.45, 2.75) is 97.8 Å². The number of rotatable bonds is 1. The lowest BCUT2D eigenvalue weighted by atomic mass is 9.85. The number of carbonyl (C=O) groups excluding carboxylic acids is 1. The van der Waals surface area contributed by atoms with Crippen molar-refractivity contribution >= 4 is 56.3 Å². The fraction of sp³-hybridized carbons (Fsp3) is 0.415. The summed E-state index contributed by atoms with van der Waals surface area (Å²) in [6, 6.07) is 9.03. The van der Waals surface area contributed by atoms with Crippen molar-refractivity contribution in [3.8, 4) is 22.8 Å². The first kappa shape index (κ1) is 32.2. The van der Waals surface area contributed by atoms with Gasteiger partial charge in [-0.15, -0.1) is 0 Å². The maximum Gasteiger partial charge on any atom is 0.237 e. The van der Waals surface area contributed by atoms with E-state index >= 15 is 0 Å². The topological polar surface area (TPSA) is 112 Å². The van der Waals surface area contributed by atoms with Crippen LogP contribution in [0, 0.1) is 13.8 Å². The number of nitrogens with zero attached hydrogens (tertiary/aromatic N) is 4. The van der Waals surface area contributed by atoms with E-state index in [-0.39, 0.29) is 11.3 Å². The van der Waals surface area contributed by atoms with Crippen LogP contribution in [0.4, 0.5) is 11.4 Å².